The Morgan fingerprint density at radius 2 is 2.22 bits per heavy atom. The Bertz CT molecular complexity index is 574. The molecule has 92 valence electrons. The number of nitrogen functional groups attached to an aromatic ring is 1. The molecule has 2 heterocycles. The Morgan fingerprint density at radius 1 is 1.28 bits per heavy atom. The van der Waals surface area contributed by atoms with E-state index >= 15 is 0 Å². The Kier molecular flexibility index (Phi) is 2.60. The summed E-state index contributed by atoms with van der Waals surface area (Å²) in [4.78, 5) is 7.78. The minimum atomic E-state index is 0.371. The summed E-state index contributed by atoms with van der Waals surface area (Å²) in [5.41, 5.74) is 6.53. The second kappa shape index (κ2) is 4.40. The zero-order valence-electron chi connectivity index (χ0n) is 9.59. The van der Waals surface area contributed by atoms with Gasteiger partial charge < -0.3 is 20.5 Å². The lowest BCUT2D eigenvalue weighted by molar-refractivity contribution is 0.321. The van der Waals surface area contributed by atoms with Crippen molar-refractivity contribution in [1.29, 1.82) is 0 Å². The fourth-order valence-electron chi connectivity index (χ4n) is 1.71. The van der Waals surface area contributed by atoms with Gasteiger partial charge in [0.2, 0.25) is 5.88 Å². The number of rotatable bonds is 2. The molecule has 1 aromatic heterocycles. The molecule has 0 bridgehead atoms. The standard InChI is InChI=1S/C12H12N4O2/c13-11-6-12(16-7-15-11)18-8-1-2-9-10(5-8)17-4-3-14-9/h1-2,5-7,14H,3-4H2,(H2,13,15,16). The molecule has 0 fully saturated rings. The first-order valence-corrected chi connectivity index (χ1v) is 5.57. The van der Waals surface area contributed by atoms with Crippen LogP contribution in [0.3, 0.4) is 0 Å². The molecule has 1 aromatic carbocycles. The highest BCUT2D eigenvalue weighted by molar-refractivity contribution is 5.60. The van der Waals surface area contributed by atoms with Gasteiger partial charge in [0.15, 0.2) is 0 Å². The summed E-state index contributed by atoms with van der Waals surface area (Å²) in [6.07, 6.45) is 1.36. The molecule has 2 aromatic rings. The van der Waals surface area contributed by atoms with Gasteiger partial charge in [0, 0.05) is 18.7 Å². The predicted molar refractivity (Wildman–Crippen MR) is 66.9 cm³/mol. The monoisotopic (exact) mass is 244 g/mol. The van der Waals surface area contributed by atoms with Gasteiger partial charge in [-0.3, -0.25) is 0 Å². The van der Waals surface area contributed by atoms with Crippen LogP contribution in [0, 0.1) is 0 Å². The zero-order chi connectivity index (χ0) is 12.4. The molecule has 6 nitrogen and oxygen atoms in total. The highest BCUT2D eigenvalue weighted by atomic mass is 16.5. The first-order valence-electron chi connectivity index (χ1n) is 5.57. The van der Waals surface area contributed by atoms with Gasteiger partial charge in [-0.25, -0.2) is 9.97 Å². The number of anilines is 2. The highest BCUT2D eigenvalue weighted by Crippen LogP contribution is 2.32. The number of hydrogen-bond acceptors (Lipinski definition) is 6. The fourth-order valence-corrected chi connectivity index (χ4v) is 1.71. The molecule has 0 spiro atoms. The number of aromatic nitrogens is 2. The molecule has 0 unspecified atom stereocenters. The molecule has 18 heavy (non-hydrogen) atoms. The number of benzene rings is 1. The largest absolute Gasteiger partial charge is 0.489 e. The van der Waals surface area contributed by atoms with Crippen molar-refractivity contribution >= 4 is 11.5 Å². The number of hydrogen-bond donors (Lipinski definition) is 2. The van der Waals surface area contributed by atoms with Crippen molar-refractivity contribution in [3.05, 3.63) is 30.6 Å². The lowest BCUT2D eigenvalue weighted by Gasteiger charge is -2.19. The van der Waals surface area contributed by atoms with Gasteiger partial charge in [-0.05, 0) is 12.1 Å². The van der Waals surface area contributed by atoms with Gasteiger partial charge >= 0.3 is 0 Å². The third kappa shape index (κ3) is 2.13. The van der Waals surface area contributed by atoms with Crippen molar-refractivity contribution in [3.63, 3.8) is 0 Å². The van der Waals surface area contributed by atoms with Gasteiger partial charge in [0.1, 0.15) is 30.3 Å². The SMILES string of the molecule is Nc1cc(Oc2ccc3c(c2)OCCN3)ncn1. The van der Waals surface area contributed by atoms with E-state index in [1.165, 1.54) is 6.33 Å². The molecule has 0 amide bonds. The average Bonchev–Trinajstić information content (AvgIpc) is 2.39. The number of ether oxygens (including phenoxy) is 2. The topological polar surface area (TPSA) is 82.3 Å². The van der Waals surface area contributed by atoms with Crippen LogP contribution in [-0.2, 0) is 0 Å². The van der Waals surface area contributed by atoms with Crippen LogP contribution in [0.4, 0.5) is 11.5 Å². The summed E-state index contributed by atoms with van der Waals surface area (Å²) in [7, 11) is 0. The van der Waals surface area contributed by atoms with Gasteiger partial charge in [0.25, 0.3) is 0 Å². The lowest BCUT2D eigenvalue weighted by Crippen LogP contribution is -2.17. The first kappa shape index (κ1) is 10.6. The Balaban J connectivity index is 1.85. The van der Waals surface area contributed by atoms with Crippen LogP contribution in [0.5, 0.6) is 17.4 Å². The van der Waals surface area contributed by atoms with Gasteiger partial charge in [0.05, 0.1) is 5.69 Å². The van der Waals surface area contributed by atoms with Crippen molar-refractivity contribution in [1.82, 2.24) is 9.97 Å². The molecule has 0 aliphatic carbocycles. The maximum absolute atomic E-state index is 5.59. The molecule has 0 saturated carbocycles. The molecule has 0 saturated heterocycles. The molecule has 0 atom stereocenters. The van der Waals surface area contributed by atoms with Crippen molar-refractivity contribution in [2.75, 3.05) is 24.2 Å². The molecule has 3 N–H and O–H groups in total. The van der Waals surface area contributed by atoms with Crippen LogP contribution in [0.1, 0.15) is 0 Å². The van der Waals surface area contributed by atoms with E-state index in [9.17, 15) is 0 Å². The lowest BCUT2D eigenvalue weighted by atomic mass is 10.2. The van der Waals surface area contributed by atoms with Crippen molar-refractivity contribution in [3.8, 4) is 17.4 Å². The van der Waals surface area contributed by atoms with Crippen LogP contribution in [0.25, 0.3) is 0 Å². The van der Waals surface area contributed by atoms with Crippen LogP contribution in [0.2, 0.25) is 0 Å². The normalized spacial score (nSPS) is 13.1. The summed E-state index contributed by atoms with van der Waals surface area (Å²) in [5, 5.41) is 3.24. The van der Waals surface area contributed by atoms with Gasteiger partial charge in [-0.2, -0.15) is 0 Å². The average molecular weight is 244 g/mol. The van der Waals surface area contributed by atoms with E-state index in [4.69, 9.17) is 15.2 Å². The third-order valence-electron chi connectivity index (χ3n) is 2.51. The van der Waals surface area contributed by atoms with E-state index in [0.717, 1.165) is 18.0 Å². The van der Waals surface area contributed by atoms with Crippen LogP contribution < -0.4 is 20.5 Å². The molecular weight excluding hydrogens is 232 g/mol. The molecule has 1 aliphatic rings. The minimum absolute atomic E-state index is 0.371. The maximum atomic E-state index is 5.59. The summed E-state index contributed by atoms with van der Waals surface area (Å²) in [6.45, 7) is 1.46. The Hall–Kier alpha value is -2.50. The van der Waals surface area contributed by atoms with Crippen LogP contribution >= 0.6 is 0 Å². The van der Waals surface area contributed by atoms with E-state index in [1.54, 1.807) is 6.07 Å². The number of nitrogens with zero attached hydrogens (tertiary/aromatic N) is 2. The molecule has 3 rings (SSSR count). The van der Waals surface area contributed by atoms with Crippen LogP contribution in [-0.4, -0.2) is 23.1 Å². The Morgan fingerprint density at radius 3 is 3.11 bits per heavy atom. The quantitative estimate of drug-likeness (QED) is 0.836. The summed E-state index contributed by atoms with van der Waals surface area (Å²) < 4.78 is 11.1. The van der Waals surface area contributed by atoms with E-state index in [2.05, 4.69) is 15.3 Å². The van der Waals surface area contributed by atoms with Gasteiger partial charge in [-0.1, -0.05) is 0 Å². The van der Waals surface area contributed by atoms with E-state index in [-0.39, 0.29) is 0 Å². The molecule has 0 radical (unpaired) electrons. The number of nitrogens with two attached hydrogens (primary N) is 1. The van der Waals surface area contributed by atoms with Crippen molar-refractivity contribution in [2.45, 2.75) is 0 Å². The summed E-state index contributed by atoms with van der Waals surface area (Å²) in [6, 6.07) is 7.14. The third-order valence-corrected chi connectivity index (χ3v) is 2.51. The van der Waals surface area contributed by atoms with E-state index in [1.807, 2.05) is 18.2 Å². The molecular formula is C12H12N4O2. The van der Waals surface area contributed by atoms with Crippen LogP contribution in [0.15, 0.2) is 30.6 Å². The second-order valence-electron chi connectivity index (χ2n) is 3.82. The van der Waals surface area contributed by atoms with Gasteiger partial charge in [-0.15, -0.1) is 0 Å². The number of nitrogens with one attached hydrogen (secondary N) is 1. The smallest absolute Gasteiger partial charge is 0.224 e. The first-order chi connectivity index (χ1) is 8.81. The molecule has 6 heteroatoms. The molecule has 1 aliphatic heterocycles. The van der Waals surface area contributed by atoms with E-state index < -0.39 is 0 Å². The van der Waals surface area contributed by atoms with Crippen molar-refractivity contribution < 1.29 is 9.47 Å². The maximum Gasteiger partial charge on any atom is 0.224 e. The second-order valence-corrected chi connectivity index (χ2v) is 3.82. The van der Waals surface area contributed by atoms with E-state index in [0.29, 0.717) is 24.1 Å². The predicted octanol–water partition coefficient (Wildman–Crippen LogP) is 1.66. The zero-order valence-corrected chi connectivity index (χ0v) is 9.59. The fraction of sp³-hybridized carbons (Fsp3) is 0.167. The summed E-state index contributed by atoms with van der Waals surface area (Å²) in [5.74, 6) is 2.21. The van der Waals surface area contributed by atoms with Crippen molar-refractivity contribution in [2.24, 2.45) is 0 Å². The summed E-state index contributed by atoms with van der Waals surface area (Å²) >= 11 is 0. The highest BCUT2D eigenvalue weighted by Gasteiger charge is 2.11. The minimum Gasteiger partial charge on any atom is -0.489 e. The Labute approximate surface area is 104 Å². The number of fused-ring (bicyclic) bond motifs is 1.